The van der Waals surface area contributed by atoms with Crippen LogP contribution in [0.1, 0.15) is 28.1 Å². The van der Waals surface area contributed by atoms with Gasteiger partial charge in [0.25, 0.3) is 0 Å². The van der Waals surface area contributed by atoms with Crippen molar-refractivity contribution in [3.63, 3.8) is 0 Å². The van der Waals surface area contributed by atoms with Gasteiger partial charge in [0.15, 0.2) is 0 Å². The molecular weight excluding hydrogens is 398 g/mol. The molecule has 0 atom stereocenters. The van der Waals surface area contributed by atoms with Crippen molar-refractivity contribution >= 4 is 0 Å². The molecule has 2 heterocycles. The molecule has 2 aromatic heterocycles. The Balaban J connectivity index is 0.000000234. The largest absolute Gasteiger partial charge is 0.393 e. The highest BCUT2D eigenvalue weighted by atomic mass is 19.4. The van der Waals surface area contributed by atoms with Crippen molar-refractivity contribution in [1.29, 1.82) is 0 Å². The predicted molar refractivity (Wildman–Crippen MR) is 95.4 cm³/mol. The number of alkyl halides is 6. The molecule has 1 N–H and O–H groups in total. The molecule has 0 aliphatic carbocycles. The van der Waals surface area contributed by atoms with E-state index in [-0.39, 0.29) is 11.1 Å². The molecule has 0 bridgehead atoms. The lowest BCUT2D eigenvalue weighted by atomic mass is 10.2. The Hall–Kier alpha value is -2.78. The van der Waals surface area contributed by atoms with Crippen molar-refractivity contribution in [2.75, 3.05) is 0 Å². The molecular formula is C19H20F6N4. The first-order chi connectivity index (χ1) is 13.4. The van der Waals surface area contributed by atoms with E-state index < -0.39 is 25.2 Å². The summed E-state index contributed by atoms with van der Waals surface area (Å²) in [6.07, 6.45) is -7.50. The van der Waals surface area contributed by atoms with Crippen molar-refractivity contribution in [2.45, 2.75) is 45.6 Å². The number of hydrogen-bond donors (Lipinski definition) is 1. The van der Waals surface area contributed by atoms with E-state index in [0.29, 0.717) is 17.9 Å². The van der Waals surface area contributed by atoms with Gasteiger partial charge in [-0.1, -0.05) is 30.3 Å². The van der Waals surface area contributed by atoms with Gasteiger partial charge in [0.1, 0.15) is 0 Å². The molecule has 0 saturated carbocycles. The molecule has 0 unspecified atom stereocenters. The number of aromatic nitrogens is 4. The molecule has 158 valence electrons. The highest BCUT2D eigenvalue weighted by Gasteiger charge is 2.29. The highest BCUT2D eigenvalue weighted by Crippen LogP contribution is 2.23. The number of hydrogen-bond acceptors (Lipinski definition) is 2. The molecule has 0 saturated heterocycles. The van der Waals surface area contributed by atoms with Crippen LogP contribution in [-0.4, -0.2) is 32.3 Å². The maximum absolute atomic E-state index is 12.3. The van der Waals surface area contributed by atoms with Gasteiger partial charge in [-0.15, -0.1) is 0 Å². The molecule has 4 nitrogen and oxygen atoms in total. The Morgan fingerprint density at radius 3 is 2.00 bits per heavy atom. The van der Waals surface area contributed by atoms with Gasteiger partial charge in [0.05, 0.1) is 31.3 Å². The lowest BCUT2D eigenvalue weighted by molar-refractivity contribution is -0.128. The van der Waals surface area contributed by atoms with E-state index in [2.05, 4.69) is 15.3 Å². The van der Waals surface area contributed by atoms with Crippen molar-refractivity contribution < 1.29 is 26.3 Å². The van der Waals surface area contributed by atoms with Crippen LogP contribution in [0.4, 0.5) is 26.3 Å². The fraction of sp³-hybridized carbons (Fsp3) is 0.368. The summed E-state index contributed by atoms with van der Waals surface area (Å²) in [5, 5.41) is 10.0. The molecule has 3 rings (SSSR count). The Bertz CT molecular complexity index is 894. The summed E-state index contributed by atoms with van der Waals surface area (Å²) in [6, 6.07) is 9.51. The summed E-state index contributed by atoms with van der Waals surface area (Å²) in [5.74, 6) is 0. The quantitative estimate of drug-likeness (QED) is 0.595. The Morgan fingerprint density at radius 1 is 0.897 bits per heavy atom. The summed E-state index contributed by atoms with van der Waals surface area (Å²) in [4.78, 5) is 0. The van der Waals surface area contributed by atoms with Crippen LogP contribution in [0.3, 0.4) is 0 Å². The number of nitrogens with one attached hydrogen (secondary N) is 1. The number of nitrogens with zero attached hydrogens (tertiary/aromatic N) is 3. The smallest absolute Gasteiger partial charge is 0.283 e. The Labute approximate surface area is 163 Å². The molecule has 0 aliphatic heterocycles. The second-order valence-corrected chi connectivity index (χ2v) is 6.53. The second-order valence-electron chi connectivity index (χ2n) is 6.53. The van der Waals surface area contributed by atoms with Gasteiger partial charge in [-0.3, -0.25) is 9.78 Å². The van der Waals surface area contributed by atoms with E-state index in [1.54, 1.807) is 18.5 Å². The van der Waals surface area contributed by atoms with Gasteiger partial charge in [-0.2, -0.15) is 36.5 Å². The monoisotopic (exact) mass is 418 g/mol. The number of H-pyrrole nitrogens is 1. The summed E-state index contributed by atoms with van der Waals surface area (Å²) in [5.41, 5.74) is 2.36. The third-order valence-corrected chi connectivity index (χ3v) is 3.95. The minimum atomic E-state index is -4.19. The second kappa shape index (κ2) is 9.15. The fourth-order valence-corrected chi connectivity index (χ4v) is 2.57. The van der Waals surface area contributed by atoms with E-state index in [1.807, 2.05) is 30.3 Å². The maximum atomic E-state index is 12.3. The van der Waals surface area contributed by atoms with Crippen LogP contribution in [0.25, 0.3) is 0 Å². The van der Waals surface area contributed by atoms with Crippen LogP contribution in [0.2, 0.25) is 0 Å². The van der Waals surface area contributed by atoms with Gasteiger partial charge in [-0.25, -0.2) is 0 Å². The number of rotatable bonds is 4. The summed E-state index contributed by atoms with van der Waals surface area (Å²) < 4.78 is 73.8. The van der Waals surface area contributed by atoms with Crippen molar-refractivity contribution in [3.8, 4) is 0 Å². The van der Waals surface area contributed by atoms with Gasteiger partial charge in [0.2, 0.25) is 0 Å². The van der Waals surface area contributed by atoms with Crippen molar-refractivity contribution in [3.05, 3.63) is 70.8 Å². The number of halogens is 6. The zero-order chi connectivity index (χ0) is 21.7. The minimum Gasteiger partial charge on any atom is -0.283 e. The minimum absolute atomic E-state index is 0.206. The fourth-order valence-electron chi connectivity index (χ4n) is 2.57. The number of aryl methyl sites for hydroxylation is 2. The Kier molecular flexibility index (Phi) is 7.10. The molecule has 1 aromatic carbocycles. The standard InChI is InChI=1S/C13H13F3N2.C6H7F3N2/c1-10-12(7-13(14,15)16)9-18(17-10)8-11-5-3-2-4-6-11;1-4-5(3-10-11-4)2-6(7,8)9/h2-6,9H,7-8H2,1H3;3H,2H2,1H3,(H,10,11). The average molecular weight is 418 g/mol. The summed E-state index contributed by atoms with van der Waals surface area (Å²) in [7, 11) is 0. The third-order valence-electron chi connectivity index (χ3n) is 3.95. The lowest BCUT2D eigenvalue weighted by Gasteiger charge is -2.03. The van der Waals surface area contributed by atoms with Gasteiger partial charge in [-0.05, 0) is 19.4 Å². The third kappa shape index (κ3) is 8.00. The van der Waals surface area contributed by atoms with Crippen LogP contribution < -0.4 is 0 Å². The van der Waals surface area contributed by atoms with Crippen LogP contribution in [-0.2, 0) is 19.4 Å². The topological polar surface area (TPSA) is 46.5 Å². The van der Waals surface area contributed by atoms with Crippen LogP contribution in [0.5, 0.6) is 0 Å². The van der Waals surface area contributed by atoms with Crippen LogP contribution in [0.15, 0.2) is 42.7 Å². The molecule has 0 spiro atoms. The first kappa shape index (κ1) is 22.5. The molecule has 0 radical (unpaired) electrons. The van der Waals surface area contributed by atoms with Crippen molar-refractivity contribution in [1.82, 2.24) is 20.0 Å². The van der Waals surface area contributed by atoms with E-state index in [4.69, 9.17) is 0 Å². The zero-order valence-electron chi connectivity index (χ0n) is 15.8. The van der Waals surface area contributed by atoms with E-state index in [1.165, 1.54) is 12.4 Å². The van der Waals surface area contributed by atoms with Crippen LogP contribution >= 0.6 is 0 Å². The zero-order valence-corrected chi connectivity index (χ0v) is 15.8. The first-order valence-corrected chi connectivity index (χ1v) is 8.62. The Morgan fingerprint density at radius 2 is 1.48 bits per heavy atom. The number of benzene rings is 1. The maximum Gasteiger partial charge on any atom is 0.393 e. The average Bonchev–Trinajstić information content (AvgIpc) is 3.12. The number of aromatic amines is 1. The predicted octanol–water partition coefficient (Wildman–Crippen LogP) is 5.17. The van der Waals surface area contributed by atoms with Crippen LogP contribution in [0, 0.1) is 13.8 Å². The summed E-state index contributed by atoms with van der Waals surface area (Å²) in [6.45, 7) is 3.65. The first-order valence-electron chi connectivity index (χ1n) is 8.62. The van der Waals surface area contributed by atoms with Crippen molar-refractivity contribution in [2.24, 2.45) is 0 Å². The molecule has 0 fully saturated rings. The highest BCUT2D eigenvalue weighted by molar-refractivity contribution is 5.19. The summed E-state index contributed by atoms with van der Waals surface area (Å²) >= 11 is 0. The van der Waals surface area contributed by atoms with Gasteiger partial charge >= 0.3 is 12.4 Å². The molecule has 29 heavy (non-hydrogen) atoms. The SMILES string of the molecule is Cc1[nH]ncc1CC(F)(F)F.Cc1nn(Cc2ccccc2)cc1CC(F)(F)F. The molecule has 10 heteroatoms. The molecule has 0 amide bonds. The van der Waals surface area contributed by atoms with Gasteiger partial charge in [0, 0.05) is 23.0 Å². The lowest BCUT2D eigenvalue weighted by Crippen LogP contribution is -2.11. The van der Waals surface area contributed by atoms with E-state index >= 15 is 0 Å². The normalized spacial score (nSPS) is 11.9. The molecule has 0 aliphatic rings. The molecule has 3 aromatic rings. The van der Waals surface area contributed by atoms with E-state index in [9.17, 15) is 26.3 Å². The van der Waals surface area contributed by atoms with E-state index in [0.717, 1.165) is 5.56 Å². The van der Waals surface area contributed by atoms with Gasteiger partial charge < -0.3 is 0 Å².